The number of pyridine rings is 2. The molecule has 3 aromatic heterocycles. The molecule has 140 valence electrons. The van der Waals surface area contributed by atoms with Crippen LogP contribution in [0.25, 0.3) is 28.0 Å². The van der Waals surface area contributed by atoms with E-state index in [1.165, 1.54) is 0 Å². The molecule has 0 unspecified atom stereocenters. The van der Waals surface area contributed by atoms with Crippen LogP contribution in [0.3, 0.4) is 0 Å². The predicted octanol–water partition coefficient (Wildman–Crippen LogP) is 4.80. The maximum absolute atomic E-state index is 9.02. The third-order valence-electron chi connectivity index (χ3n) is 4.70. The van der Waals surface area contributed by atoms with Gasteiger partial charge in [-0.2, -0.15) is 5.10 Å². The van der Waals surface area contributed by atoms with Gasteiger partial charge in [-0.05, 0) is 43.2 Å². The summed E-state index contributed by atoms with van der Waals surface area (Å²) in [6, 6.07) is 17.8. The quantitative estimate of drug-likeness (QED) is 0.317. The van der Waals surface area contributed by atoms with Crippen LogP contribution in [0.2, 0.25) is 0 Å². The van der Waals surface area contributed by atoms with Gasteiger partial charge in [0.2, 0.25) is 0 Å². The third-order valence-corrected chi connectivity index (χ3v) is 4.70. The first-order chi connectivity index (χ1) is 13.6. The monoisotopic (exact) mass is 371 g/mol. The fourth-order valence-electron chi connectivity index (χ4n) is 3.09. The second-order valence-corrected chi connectivity index (χ2v) is 7.00. The zero-order valence-electron chi connectivity index (χ0n) is 16.0. The molecule has 3 heterocycles. The standard InChI is InChI=1S/C22H21N5O/c1-14(2)18-6-5-9-22(25-18)27-21-12-16(10-11-17(21)13-23-27)20-8-4-7-19(24-20)15(3)26-28/h4-14,28H,1-3H3. The second kappa shape index (κ2) is 7.23. The maximum atomic E-state index is 9.02. The van der Waals surface area contributed by atoms with Gasteiger partial charge >= 0.3 is 0 Å². The molecule has 0 bridgehead atoms. The van der Waals surface area contributed by atoms with E-state index in [4.69, 9.17) is 10.2 Å². The van der Waals surface area contributed by atoms with E-state index in [2.05, 4.69) is 35.2 Å². The Morgan fingerprint density at radius 1 is 1.04 bits per heavy atom. The zero-order chi connectivity index (χ0) is 19.7. The average molecular weight is 371 g/mol. The lowest BCUT2D eigenvalue weighted by Crippen LogP contribution is -2.03. The fraction of sp³-hybridized carbons (Fsp3) is 0.182. The second-order valence-electron chi connectivity index (χ2n) is 7.00. The van der Waals surface area contributed by atoms with Crippen LogP contribution in [-0.4, -0.2) is 30.7 Å². The van der Waals surface area contributed by atoms with Crippen molar-refractivity contribution in [3.63, 3.8) is 0 Å². The Morgan fingerprint density at radius 3 is 2.64 bits per heavy atom. The molecule has 0 amide bonds. The summed E-state index contributed by atoms with van der Waals surface area (Å²) in [5, 5.41) is 17.8. The number of fused-ring (bicyclic) bond motifs is 1. The van der Waals surface area contributed by atoms with Crippen molar-refractivity contribution in [2.24, 2.45) is 5.16 Å². The third kappa shape index (κ3) is 3.24. The van der Waals surface area contributed by atoms with E-state index in [1.54, 1.807) is 6.92 Å². The van der Waals surface area contributed by atoms with Crippen LogP contribution < -0.4 is 0 Å². The Morgan fingerprint density at radius 2 is 1.86 bits per heavy atom. The molecule has 0 atom stereocenters. The van der Waals surface area contributed by atoms with Crippen molar-refractivity contribution >= 4 is 16.6 Å². The Kier molecular flexibility index (Phi) is 4.61. The van der Waals surface area contributed by atoms with Crippen LogP contribution >= 0.6 is 0 Å². The van der Waals surface area contributed by atoms with Crippen LogP contribution in [0, 0.1) is 0 Å². The van der Waals surface area contributed by atoms with Crippen LogP contribution in [0.4, 0.5) is 0 Å². The molecule has 1 N–H and O–H groups in total. The number of nitrogens with zero attached hydrogens (tertiary/aromatic N) is 5. The lowest BCUT2D eigenvalue weighted by Gasteiger charge is -2.09. The minimum Gasteiger partial charge on any atom is -0.411 e. The highest BCUT2D eigenvalue weighted by Crippen LogP contribution is 2.25. The summed E-state index contributed by atoms with van der Waals surface area (Å²) < 4.78 is 1.86. The molecule has 0 saturated heterocycles. The van der Waals surface area contributed by atoms with Crippen LogP contribution in [-0.2, 0) is 0 Å². The molecule has 6 heteroatoms. The number of aromatic nitrogens is 4. The van der Waals surface area contributed by atoms with Crippen molar-refractivity contribution in [1.29, 1.82) is 0 Å². The van der Waals surface area contributed by atoms with Gasteiger partial charge in [-0.25, -0.2) is 14.6 Å². The summed E-state index contributed by atoms with van der Waals surface area (Å²) in [4.78, 5) is 9.37. The van der Waals surface area contributed by atoms with Gasteiger partial charge < -0.3 is 5.21 Å². The highest BCUT2D eigenvalue weighted by Gasteiger charge is 2.11. The lowest BCUT2D eigenvalue weighted by atomic mass is 10.1. The summed E-state index contributed by atoms with van der Waals surface area (Å²) in [6.45, 7) is 5.97. The molecule has 0 radical (unpaired) electrons. The highest BCUT2D eigenvalue weighted by molar-refractivity contribution is 5.97. The summed E-state index contributed by atoms with van der Waals surface area (Å²) in [5.41, 5.74) is 4.87. The maximum Gasteiger partial charge on any atom is 0.154 e. The van der Waals surface area contributed by atoms with Crippen LogP contribution in [0.1, 0.15) is 38.1 Å². The van der Waals surface area contributed by atoms with Gasteiger partial charge in [0.25, 0.3) is 0 Å². The number of hydrogen-bond donors (Lipinski definition) is 1. The normalized spacial score (nSPS) is 12.1. The van der Waals surface area contributed by atoms with Gasteiger partial charge in [-0.15, -0.1) is 0 Å². The minimum atomic E-state index is 0.348. The lowest BCUT2D eigenvalue weighted by molar-refractivity contribution is 0.319. The molecule has 4 rings (SSSR count). The fourth-order valence-corrected chi connectivity index (χ4v) is 3.09. The Labute approximate surface area is 163 Å². The summed E-state index contributed by atoms with van der Waals surface area (Å²) in [7, 11) is 0. The van der Waals surface area contributed by atoms with E-state index in [0.717, 1.165) is 33.7 Å². The molecule has 0 spiro atoms. The first kappa shape index (κ1) is 17.9. The minimum absolute atomic E-state index is 0.348. The molecule has 0 aliphatic heterocycles. The molecule has 0 saturated carbocycles. The van der Waals surface area contributed by atoms with Crippen molar-refractivity contribution in [1.82, 2.24) is 19.7 Å². The summed E-state index contributed by atoms with van der Waals surface area (Å²) in [5.74, 6) is 1.14. The van der Waals surface area contributed by atoms with Gasteiger partial charge in [0, 0.05) is 16.6 Å². The topological polar surface area (TPSA) is 76.2 Å². The summed E-state index contributed by atoms with van der Waals surface area (Å²) >= 11 is 0. The molecule has 4 aromatic rings. The molecular weight excluding hydrogens is 350 g/mol. The summed E-state index contributed by atoms with van der Waals surface area (Å²) in [6.07, 6.45) is 1.84. The molecule has 1 aromatic carbocycles. The van der Waals surface area contributed by atoms with Gasteiger partial charge in [-0.3, -0.25) is 0 Å². The van der Waals surface area contributed by atoms with Crippen molar-refractivity contribution in [3.05, 3.63) is 72.2 Å². The van der Waals surface area contributed by atoms with Gasteiger partial charge in [0.15, 0.2) is 5.82 Å². The molecular formula is C22H21N5O. The van der Waals surface area contributed by atoms with Crippen molar-refractivity contribution in [2.75, 3.05) is 0 Å². The molecule has 0 aliphatic rings. The Bertz CT molecular complexity index is 1180. The Hall–Kier alpha value is -3.54. The largest absolute Gasteiger partial charge is 0.411 e. The zero-order valence-corrected chi connectivity index (χ0v) is 16.0. The molecule has 6 nitrogen and oxygen atoms in total. The predicted molar refractivity (Wildman–Crippen MR) is 110 cm³/mol. The van der Waals surface area contributed by atoms with Gasteiger partial charge in [0.05, 0.1) is 23.1 Å². The van der Waals surface area contributed by atoms with E-state index in [1.807, 2.05) is 59.4 Å². The van der Waals surface area contributed by atoms with E-state index in [-0.39, 0.29) is 0 Å². The van der Waals surface area contributed by atoms with Crippen molar-refractivity contribution < 1.29 is 5.21 Å². The number of oxime groups is 1. The first-order valence-electron chi connectivity index (χ1n) is 9.18. The highest BCUT2D eigenvalue weighted by atomic mass is 16.4. The molecule has 0 aliphatic carbocycles. The van der Waals surface area contributed by atoms with Crippen LogP contribution in [0.15, 0.2) is 65.9 Å². The van der Waals surface area contributed by atoms with E-state index in [0.29, 0.717) is 17.3 Å². The number of rotatable bonds is 4. The van der Waals surface area contributed by atoms with E-state index >= 15 is 0 Å². The molecule has 0 fully saturated rings. The number of hydrogen-bond acceptors (Lipinski definition) is 5. The average Bonchev–Trinajstić information content (AvgIpc) is 3.16. The first-order valence-corrected chi connectivity index (χ1v) is 9.18. The smallest absolute Gasteiger partial charge is 0.154 e. The number of benzene rings is 1. The van der Waals surface area contributed by atoms with Crippen molar-refractivity contribution in [3.8, 4) is 17.1 Å². The Balaban J connectivity index is 1.82. The SMILES string of the molecule is CC(=NO)c1cccc(-c2ccc3cnn(-c4cccc(C(C)C)n4)c3c2)n1. The van der Waals surface area contributed by atoms with E-state index in [9.17, 15) is 0 Å². The van der Waals surface area contributed by atoms with E-state index < -0.39 is 0 Å². The molecule has 28 heavy (non-hydrogen) atoms. The van der Waals surface area contributed by atoms with Crippen LogP contribution in [0.5, 0.6) is 0 Å². The van der Waals surface area contributed by atoms with Gasteiger partial charge in [0.1, 0.15) is 5.71 Å². The van der Waals surface area contributed by atoms with Crippen molar-refractivity contribution in [2.45, 2.75) is 26.7 Å². The van der Waals surface area contributed by atoms with Gasteiger partial charge in [-0.1, -0.05) is 43.3 Å².